The summed E-state index contributed by atoms with van der Waals surface area (Å²) in [4.78, 5) is 0. The van der Waals surface area contributed by atoms with Gasteiger partial charge in [0.15, 0.2) is 0 Å². The predicted molar refractivity (Wildman–Crippen MR) is 121 cm³/mol. The highest BCUT2D eigenvalue weighted by Crippen LogP contribution is 2.28. The molecule has 0 aromatic carbocycles. The summed E-state index contributed by atoms with van der Waals surface area (Å²) < 4.78 is 18.2. The highest BCUT2D eigenvalue weighted by Gasteiger charge is 2.26. The van der Waals surface area contributed by atoms with Gasteiger partial charge < -0.3 is 14.2 Å². The van der Waals surface area contributed by atoms with Gasteiger partial charge in [-0.1, -0.05) is 77.6 Å². The van der Waals surface area contributed by atoms with Crippen LogP contribution < -0.4 is 0 Å². The molecule has 3 unspecified atom stereocenters. The zero-order valence-electron chi connectivity index (χ0n) is 19.3. The van der Waals surface area contributed by atoms with E-state index >= 15 is 0 Å². The highest BCUT2D eigenvalue weighted by atomic mass is 16.7. The van der Waals surface area contributed by atoms with Gasteiger partial charge in [0.1, 0.15) is 0 Å². The van der Waals surface area contributed by atoms with E-state index in [-0.39, 0.29) is 18.1 Å². The van der Waals surface area contributed by atoms with Crippen LogP contribution in [0.5, 0.6) is 0 Å². The van der Waals surface area contributed by atoms with Crippen LogP contribution in [0.15, 0.2) is 0 Å². The summed E-state index contributed by atoms with van der Waals surface area (Å²) in [7, 11) is 0. The van der Waals surface area contributed by atoms with E-state index < -0.39 is 0 Å². The molecule has 2 heterocycles. The van der Waals surface area contributed by atoms with Crippen molar-refractivity contribution in [3.05, 3.63) is 13.2 Å². The first-order valence-electron chi connectivity index (χ1n) is 12.8. The molecule has 2 saturated heterocycles. The molecule has 0 spiro atoms. The van der Waals surface area contributed by atoms with E-state index in [0.717, 1.165) is 77.1 Å². The Morgan fingerprint density at radius 2 is 1.47 bits per heavy atom. The SMILES string of the molecule is [CH2]CCCCCCCCC(C#N)CCCCC[C]1OC2CCCCC(COCC2)O1. The van der Waals surface area contributed by atoms with Crippen LogP contribution in [-0.4, -0.2) is 25.4 Å². The molecule has 2 rings (SSSR count). The minimum absolute atomic E-state index is 0.151. The summed E-state index contributed by atoms with van der Waals surface area (Å²) in [5, 5.41) is 9.45. The number of unbranched alkanes of at least 4 members (excludes halogenated alkanes) is 8. The number of hydrogen-bond donors (Lipinski definition) is 0. The lowest BCUT2D eigenvalue weighted by Gasteiger charge is -2.23. The standard InChI is InChI=1S/C26H45NO3/c1-2-3-4-5-6-7-9-14-23(21-27)15-10-8-11-18-26-29-24-16-12-13-17-25(30-26)22-28-20-19-24/h23-25H,1-20,22H2. The second kappa shape index (κ2) is 17.0. The maximum Gasteiger partial charge on any atom is 0.224 e. The molecule has 3 atom stereocenters. The maximum absolute atomic E-state index is 9.45. The minimum Gasteiger partial charge on any atom is -0.379 e. The van der Waals surface area contributed by atoms with Gasteiger partial charge in [0.2, 0.25) is 6.29 Å². The molecule has 172 valence electrons. The van der Waals surface area contributed by atoms with Crippen LogP contribution in [-0.2, 0) is 14.2 Å². The lowest BCUT2D eigenvalue weighted by atomic mass is 9.95. The third-order valence-electron chi connectivity index (χ3n) is 6.45. The third kappa shape index (κ3) is 11.7. The Balaban J connectivity index is 1.56. The fourth-order valence-corrected chi connectivity index (χ4v) is 4.51. The number of nitrogens with zero attached hydrogens (tertiary/aromatic N) is 1. The lowest BCUT2D eigenvalue weighted by molar-refractivity contribution is -0.112. The van der Waals surface area contributed by atoms with E-state index in [1.807, 2.05) is 0 Å². The fraction of sp³-hybridized carbons (Fsp3) is 0.885. The van der Waals surface area contributed by atoms with Crippen molar-refractivity contribution in [3.63, 3.8) is 0 Å². The Morgan fingerprint density at radius 1 is 0.833 bits per heavy atom. The van der Waals surface area contributed by atoms with Crippen molar-refractivity contribution in [1.29, 1.82) is 5.26 Å². The average Bonchev–Trinajstić information content (AvgIpc) is 2.92. The topological polar surface area (TPSA) is 51.5 Å². The Morgan fingerprint density at radius 3 is 2.20 bits per heavy atom. The first kappa shape index (κ1) is 25.6. The Kier molecular flexibility index (Phi) is 14.5. The number of fused-ring (bicyclic) bond motifs is 4. The zero-order valence-corrected chi connectivity index (χ0v) is 19.3. The molecule has 2 aliphatic rings. The van der Waals surface area contributed by atoms with Gasteiger partial charge in [-0.2, -0.15) is 5.26 Å². The molecule has 2 radical (unpaired) electrons. The van der Waals surface area contributed by atoms with Crippen LogP contribution in [0.3, 0.4) is 0 Å². The minimum atomic E-state index is 0.151. The maximum atomic E-state index is 9.45. The monoisotopic (exact) mass is 419 g/mol. The van der Waals surface area contributed by atoms with Crippen molar-refractivity contribution >= 4 is 0 Å². The smallest absolute Gasteiger partial charge is 0.224 e. The van der Waals surface area contributed by atoms with Crippen LogP contribution in [0.2, 0.25) is 0 Å². The quantitative estimate of drug-likeness (QED) is 0.277. The summed E-state index contributed by atoms with van der Waals surface area (Å²) in [5.41, 5.74) is 0. The van der Waals surface area contributed by atoms with Gasteiger partial charge in [0.05, 0.1) is 24.9 Å². The van der Waals surface area contributed by atoms with Crippen LogP contribution in [0, 0.1) is 30.5 Å². The van der Waals surface area contributed by atoms with Gasteiger partial charge in [-0.15, -0.1) is 0 Å². The lowest BCUT2D eigenvalue weighted by Crippen LogP contribution is -2.23. The Bertz CT molecular complexity index is 420. The van der Waals surface area contributed by atoms with Gasteiger partial charge in [-0.3, -0.25) is 0 Å². The molecule has 0 saturated carbocycles. The predicted octanol–water partition coefficient (Wildman–Crippen LogP) is 7.29. The van der Waals surface area contributed by atoms with Gasteiger partial charge in [0.25, 0.3) is 0 Å². The highest BCUT2D eigenvalue weighted by molar-refractivity contribution is 4.82. The fourth-order valence-electron chi connectivity index (χ4n) is 4.51. The number of ether oxygens (including phenoxy) is 3. The van der Waals surface area contributed by atoms with Crippen molar-refractivity contribution in [2.75, 3.05) is 13.2 Å². The molecular weight excluding hydrogens is 374 g/mol. The van der Waals surface area contributed by atoms with E-state index in [2.05, 4.69) is 13.0 Å². The van der Waals surface area contributed by atoms with Crippen molar-refractivity contribution in [1.82, 2.24) is 0 Å². The second-order valence-electron chi connectivity index (χ2n) is 9.19. The number of rotatable bonds is 14. The first-order chi connectivity index (χ1) is 14.8. The molecule has 2 bridgehead atoms. The number of hydrogen-bond acceptors (Lipinski definition) is 4. The van der Waals surface area contributed by atoms with Crippen molar-refractivity contribution in [2.24, 2.45) is 5.92 Å². The second-order valence-corrected chi connectivity index (χ2v) is 9.19. The molecule has 0 aromatic rings. The third-order valence-corrected chi connectivity index (χ3v) is 6.45. The summed E-state index contributed by atoms with van der Waals surface area (Å²) in [6, 6.07) is 2.53. The summed E-state index contributed by atoms with van der Waals surface area (Å²) in [6.45, 7) is 5.37. The molecule has 30 heavy (non-hydrogen) atoms. The van der Waals surface area contributed by atoms with E-state index in [1.54, 1.807) is 0 Å². The molecule has 0 aromatic heterocycles. The average molecular weight is 420 g/mol. The summed E-state index contributed by atoms with van der Waals surface area (Å²) >= 11 is 0. The normalized spacial score (nSPS) is 24.3. The van der Waals surface area contributed by atoms with Crippen molar-refractivity contribution in [3.8, 4) is 6.07 Å². The Hall–Kier alpha value is -0.630. The van der Waals surface area contributed by atoms with Gasteiger partial charge in [0, 0.05) is 18.9 Å². The van der Waals surface area contributed by atoms with E-state index in [4.69, 9.17) is 14.2 Å². The molecule has 2 aliphatic heterocycles. The molecule has 0 aliphatic carbocycles. The number of nitriles is 1. The van der Waals surface area contributed by atoms with Crippen LogP contribution >= 0.6 is 0 Å². The molecular formula is C26H45NO3. The van der Waals surface area contributed by atoms with Crippen LogP contribution in [0.4, 0.5) is 0 Å². The molecule has 4 heteroatoms. The molecule has 4 nitrogen and oxygen atoms in total. The van der Waals surface area contributed by atoms with Gasteiger partial charge in [-0.05, 0) is 38.5 Å². The van der Waals surface area contributed by atoms with Crippen LogP contribution in [0.1, 0.15) is 116 Å². The Labute approximate surface area is 186 Å². The van der Waals surface area contributed by atoms with Crippen LogP contribution in [0.25, 0.3) is 0 Å². The largest absolute Gasteiger partial charge is 0.379 e. The van der Waals surface area contributed by atoms with E-state index in [0.29, 0.717) is 6.61 Å². The zero-order chi connectivity index (χ0) is 21.3. The molecule has 0 amide bonds. The van der Waals surface area contributed by atoms with Gasteiger partial charge >= 0.3 is 0 Å². The molecule has 2 fully saturated rings. The van der Waals surface area contributed by atoms with Gasteiger partial charge in [-0.25, -0.2) is 0 Å². The van der Waals surface area contributed by atoms with E-state index in [9.17, 15) is 5.26 Å². The summed E-state index contributed by atoms with van der Waals surface area (Å²) in [5.74, 6) is 0.231. The van der Waals surface area contributed by atoms with Crippen molar-refractivity contribution in [2.45, 2.75) is 128 Å². The summed E-state index contributed by atoms with van der Waals surface area (Å²) in [6.07, 6.45) is 21.9. The first-order valence-corrected chi connectivity index (χ1v) is 12.8. The van der Waals surface area contributed by atoms with E-state index in [1.165, 1.54) is 51.4 Å². The van der Waals surface area contributed by atoms with Crippen molar-refractivity contribution < 1.29 is 14.2 Å². The molecule has 0 N–H and O–H groups in total.